The maximum absolute atomic E-state index is 16.0. The van der Waals surface area contributed by atoms with Crippen molar-refractivity contribution in [2.75, 3.05) is 24.1 Å². The third kappa shape index (κ3) is 5.71. The molecule has 0 bridgehead atoms. The van der Waals surface area contributed by atoms with Crippen LogP contribution in [0.5, 0.6) is 11.5 Å². The summed E-state index contributed by atoms with van der Waals surface area (Å²) in [5.41, 5.74) is 0.367. The summed E-state index contributed by atoms with van der Waals surface area (Å²) in [4.78, 5) is 11.9. The fraction of sp³-hybridized carbons (Fsp3) is 0.346. The summed E-state index contributed by atoms with van der Waals surface area (Å²) in [6, 6.07) is 15.6. The van der Waals surface area contributed by atoms with Gasteiger partial charge in [0.15, 0.2) is 5.82 Å². The SMILES string of the molecule is CC(C)(CCO)CCOc1ccc2cc(OCc3ccccc3)c(N3CC(=O)NS3(=O)=O)c(F)c2c1. The predicted molar refractivity (Wildman–Crippen MR) is 135 cm³/mol. The van der Waals surface area contributed by atoms with Gasteiger partial charge in [0.25, 0.3) is 5.91 Å². The van der Waals surface area contributed by atoms with E-state index in [9.17, 15) is 18.3 Å². The Hall–Kier alpha value is -3.37. The molecule has 192 valence electrons. The number of aliphatic hydroxyl groups is 1. The molecule has 4 rings (SSSR count). The molecule has 8 nitrogen and oxygen atoms in total. The molecule has 1 saturated heterocycles. The van der Waals surface area contributed by atoms with Crippen molar-refractivity contribution in [3.63, 3.8) is 0 Å². The molecule has 36 heavy (non-hydrogen) atoms. The quantitative estimate of drug-likeness (QED) is 0.423. The minimum Gasteiger partial charge on any atom is -0.494 e. The van der Waals surface area contributed by atoms with E-state index in [0.29, 0.717) is 34.9 Å². The van der Waals surface area contributed by atoms with Crippen LogP contribution in [0.15, 0.2) is 54.6 Å². The van der Waals surface area contributed by atoms with Gasteiger partial charge in [0.1, 0.15) is 30.3 Å². The summed E-state index contributed by atoms with van der Waals surface area (Å²) in [6.45, 7) is 4.04. The fourth-order valence-electron chi connectivity index (χ4n) is 3.98. The first-order chi connectivity index (χ1) is 17.1. The van der Waals surface area contributed by atoms with Gasteiger partial charge in [-0.1, -0.05) is 50.2 Å². The average Bonchev–Trinajstić information content (AvgIpc) is 3.10. The first-order valence-electron chi connectivity index (χ1n) is 11.6. The van der Waals surface area contributed by atoms with Gasteiger partial charge >= 0.3 is 10.2 Å². The van der Waals surface area contributed by atoms with Crippen LogP contribution in [0, 0.1) is 11.2 Å². The Kier molecular flexibility index (Phi) is 7.37. The van der Waals surface area contributed by atoms with Crippen molar-refractivity contribution < 1.29 is 32.2 Å². The molecular weight excluding hydrogens is 487 g/mol. The van der Waals surface area contributed by atoms with Crippen molar-refractivity contribution >= 4 is 32.6 Å². The van der Waals surface area contributed by atoms with Gasteiger partial charge in [0, 0.05) is 12.0 Å². The van der Waals surface area contributed by atoms with E-state index < -0.39 is 28.5 Å². The van der Waals surface area contributed by atoms with Gasteiger partial charge < -0.3 is 14.6 Å². The number of carbonyl (C=O) groups excluding carboxylic acids is 1. The van der Waals surface area contributed by atoms with Gasteiger partial charge in [0.05, 0.1) is 6.61 Å². The van der Waals surface area contributed by atoms with Crippen LogP contribution in [0.3, 0.4) is 0 Å². The second kappa shape index (κ2) is 10.3. The van der Waals surface area contributed by atoms with Gasteiger partial charge in [-0.05, 0) is 47.4 Å². The zero-order chi connectivity index (χ0) is 25.9. The van der Waals surface area contributed by atoms with Crippen molar-refractivity contribution in [1.29, 1.82) is 0 Å². The number of fused-ring (bicyclic) bond motifs is 1. The first-order valence-corrected chi connectivity index (χ1v) is 13.0. The standard InChI is InChI=1S/C26H29FN2O6S/c1-26(2,10-12-30)11-13-34-20-9-8-19-14-22(35-17-18-6-4-3-5-7-18)25(24(27)21(19)15-20)29-16-23(31)28-36(29,32)33/h3-9,14-15,30H,10-13,16-17H2,1-2H3,(H,28,31). The van der Waals surface area contributed by atoms with E-state index in [-0.39, 0.29) is 35.5 Å². The van der Waals surface area contributed by atoms with Crippen LogP contribution >= 0.6 is 0 Å². The summed E-state index contributed by atoms with van der Waals surface area (Å²) < 4.78 is 55.4. The first kappa shape index (κ1) is 25.7. The van der Waals surface area contributed by atoms with E-state index in [1.165, 1.54) is 6.07 Å². The van der Waals surface area contributed by atoms with Crippen molar-refractivity contribution in [1.82, 2.24) is 4.72 Å². The lowest BCUT2D eigenvalue weighted by Gasteiger charge is -2.23. The fourth-order valence-corrected chi connectivity index (χ4v) is 5.14. The Labute approximate surface area is 209 Å². The van der Waals surface area contributed by atoms with Crippen LogP contribution < -0.4 is 18.5 Å². The minimum absolute atomic E-state index is 0.00310. The monoisotopic (exact) mass is 516 g/mol. The molecule has 1 heterocycles. The van der Waals surface area contributed by atoms with Crippen LogP contribution in [0.25, 0.3) is 10.8 Å². The predicted octanol–water partition coefficient (Wildman–Crippen LogP) is 3.92. The molecule has 0 atom stereocenters. The van der Waals surface area contributed by atoms with Gasteiger partial charge in [-0.3, -0.25) is 4.79 Å². The molecule has 0 aliphatic carbocycles. The third-order valence-corrected chi connectivity index (χ3v) is 7.51. The highest BCUT2D eigenvalue weighted by molar-refractivity contribution is 7.92. The second-order valence-electron chi connectivity index (χ2n) is 9.47. The summed E-state index contributed by atoms with van der Waals surface area (Å²) >= 11 is 0. The van der Waals surface area contributed by atoms with E-state index in [4.69, 9.17) is 9.47 Å². The molecule has 10 heteroatoms. The number of ether oxygens (including phenoxy) is 2. The molecule has 0 aromatic heterocycles. The Balaban J connectivity index is 1.69. The van der Waals surface area contributed by atoms with Gasteiger partial charge in [-0.2, -0.15) is 8.42 Å². The Morgan fingerprint density at radius 3 is 2.50 bits per heavy atom. The smallest absolute Gasteiger partial charge is 0.326 e. The Morgan fingerprint density at radius 1 is 1.08 bits per heavy atom. The molecular formula is C26H29FN2O6S. The van der Waals surface area contributed by atoms with E-state index in [1.807, 2.05) is 48.9 Å². The van der Waals surface area contributed by atoms with Crippen molar-refractivity contribution in [3.05, 3.63) is 66.0 Å². The van der Waals surface area contributed by atoms with Gasteiger partial charge in [-0.25, -0.2) is 13.4 Å². The average molecular weight is 517 g/mol. The molecule has 0 unspecified atom stereocenters. The van der Waals surface area contributed by atoms with Crippen LogP contribution in [0.2, 0.25) is 0 Å². The van der Waals surface area contributed by atoms with Gasteiger partial charge in [-0.15, -0.1) is 0 Å². The number of benzene rings is 3. The molecule has 1 amide bonds. The maximum atomic E-state index is 16.0. The van der Waals surface area contributed by atoms with Crippen LogP contribution in [-0.4, -0.2) is 39.2 Å². The van der Waals surface area contributed by atoms with E-state index >= 15 is 4.39 Å². The molecule has 3 aromatic carbocycles. The number of anilines is 1. The molecule has 0 radical (unpaired) electrons. The second-order valence-corrected chi connectivity index (χ2v) is 11.1. The highest BCUT2D eigenvalue weighted by Gasteiger charge is 2.38. The number of hydrogen-bond donors (Lipinski definition) is 2. The third-order valence-electron chi connectivity index (χ3n) is 6.13. The molecule has 1 fully saturated rings. The minimum atomic E-state index is -4.27. The number of amides is 1. The lowest BCUT2D eigenvalue weighted by Crippen LogP contribution is -2.30. The van der Waals surface area contributed by atoms with Crippen molar-refractivity contribution in [2.24, 2.45) is 5.41 Å². The summed E-state index contributed by atoms with van der Waals surface area (Å²) in [5, 5.41) is 9.82. The maximum Gasteiger partial charge on any atom is 0.326 e. The van der Waals surface area contributed by atoms with E-state index in [2.05, 4.69) is 0 Å². The molecule has 2 N–H and O–H groups in total. The summed E-state index contributed by atoms with van der Waals surface area (Å²) in [5.74, 6) is -1.17. The molecule has 0 spiro atoms. The van der Waals surface area contributed by atoms with Crippen LogP contribution in [-0.2, 0) is 21.6 Å². The topological polar surface area (TPSA) is 105 Å². The van der Waals surface area contributed by atoms with Crippen molar-refractivity contribution in [3.8, 4) is 11.5 Å². The van der Waals surface area contributed by atoms with E-state index in [1.54, 1.807) is 18.2 Å². The Morgan fingerprint density at radius 2 is 1.83 bits per heavy atom. The van der Waals surface area contributed by atoms with Crippen molar-refractivity contribution in [2.45, 2.75) is 33.3 Å². The highest BCUT2D eigenvalue weighted by atomic mass is 32.2. The van der Waals surface area contributed by atoms with Crippen LogP contribution in [0.4, 0.5) is 10.1 Å². The van der Waals surface area contributed by atoms with E-state index in [0.717, 1.165) is 5.56 Å². The number of nitrogens with one attached hydrogen (secondary N) is 1. The molecule has 3 aromatic rings. The zero-order valence-electron chi connectivity index (χ0n) is 20.2. The van der Waals surface area contributed by atoms with Gasteiger partial charge in [0.2, 0.25) is 0 Å². The molecule has 1 aliphatic rings. The largest absolute Gasteiger partial charge is 0.494 e. The number of carbonyl (C=O) groups is 1. The lowest BCUT2D eigenvalue weighted by molar-refractivity contribution is -0.117. The number of rotatable bonds is 10. The molecule has 1 aliphatic heterocycles. The normalized spacial score (nSPS) is 15.2. The number of nitrogens with zero attached hydrogens (tertiary/aromatic N) is 1. The molecule has 0 saturated carbocycles. The highest BCUT2D eigenvalue weighted by Crippen LogP contribution is 2.40. The summed E-state index contributed by atoms with van der Waals surface area (Å²) in [6.07, 6.45) is 1.32. The lowest BCUT2D eigenvalue weighted by atomic mass is 9.86. The Bertz CT molecular complexity index is 1360. The number of halogens is 1. The summed E-state index contributed by atoms with van der Waals surface area (Å²) in [7, 11) is -4.27. The number of hydrogen-bond acceptors (Lipinski definition) is 6. The number of aliphatic hydroxyl groups excluding tert-OH is 1. The zero-order valence-corrected chi connectivity index (χ0v) is 21.0. The van der Waals surface area contributed by atoms with Crippen LogP contribution in [0.1, 0.15) is 32.3 Å².